The molecule has 0 amide bonds. The Kier molecular flexibility index (Phi) is 4.07. The maximum Gasteiger partial charge on any atom is 0.0912 e. The van der Waals surface area contributed by atoms with Gasteiger partial charge in [-0.05, 0) is 40.8 Å². The van der Waals surface area contributed by atoms with Crippen molar-refractivity contribution in [2.75, 3.05) is 13.2 Å². The zero-order valence-electron chi connectivity index (χ0n) is 8.08. The van der Waals surface area contributed by atoms with Gasteiger partial charge in [-0.15, -0.1) is 11.3 Å². The molecule has 5 heteroatoms. The van der Waals surface area contributed by atoms with Crippen LogP contribution in [0.15, 0.2) is 9.85 Å². The minimum Gasteiger partial charge on any atom is -0.387 e. The highest BCUT2D eigenvalue weighted by atomic mass is 79.9. The summed E-state index contributed by atoms with van der Waals surface area (Å²) in [6.07, 6.45) is 1.45. The first-order valence-corrected chi connectivity index (χ1v) is 6.88. The lowest BCUT2D eigenvalue weighted by molar-refractivity contribution is 0.00854. The molecule has 2 rings (SSSR count). The van der Waals surface area contributed by atoms with Crippen LogP contribution in [-0.2, 0) is 4.74 Å². The second-order valence-electron chi connectivity index (χ2n) is 3.67. The van der Waals surface area contributed by atoms with Crippen molar-refractivity contribution < 1.29 is 9.84 Å². The van der Waals surface area contributed by atoms with Crippen LogP contribution in [0, 0.1) is 5.92 Å². The summed E-state index contributed by atoms with van der Waals surface area (Å²) in [5.74, 6) is 0.306. The molecule has 1 unspecified atom stereocenters. The molecule has 84 valence electrons. The summed E-state index contributed by atoms with van der Waals surface area (Å²) < 4.78 is 6.17. The largest absolute Gasteiger partial charge is 0.387 e. The Hall–Kier alpha value is 0.390. The first-order valence-electron chi connectivity index (χ1n) is 4.89. The van der Waals surface area contributed by atoms with Gasteiger partial charge in [-0.25, -0.2) is 0 Å². The summed E-state index contributed by atoms with van der Waals surface area (Å²) in [6, 6.07) is 1.84. The number of hydrogen-bond donors (Lipinski definition) is 1. The molecule has 2 heterocycles. The van der Waals surface area contributed by atoms with Crippen LogP contribution in [0.5, 0.6) is 0 Å². The number of hydrogen-bond acceptors (Lipinski definition) is 3. The van der Waals surface area contributed by atoms with E-state index in [1.54, 1.807) is 0 Å². The molecule has 1 aliphatic heterocycles. The molecular formula is C10H12BrClO2S. The minimum atomic E-state index is -0.400. The van der Waals surface area contributed by atoms with Crippen LogP contribution in [0.1, 0.15) is 23.8 Å². The van der Waals surface area contributed by atoms with Crippen molar-refractivity contribution >= 4 is 38.9 Å². The van der Waals surface area contributed by atoms with Crippen molar-refractivity contribution in [3.05, 3.63) is 19.8 Å². The van der Waals surface area contributed by atoms with Crippen molar-refractivity contribution in [1.29, 1.82) is 0 Å². The average Bonchev–Trinajstić information content (AvgIpc) is 2.59. The van der Waals surface area contributed by atoms with Gasteiger partial charge in [0, 0.05) is 18.1 Å². The van der Waals surface area contributed by atoms with Gasteiger partial charge in [-0.2, -0.15) is 0 Å². The second-order valence-corrected chi connectivity index (χ2v) is 6.47. The van der Waals surface area contributed by atoms with E-state index in [-0.39, 0.29) is 0 Å². The molecule has 1 saturated heterocycles. The third-order valence-corrected chi connectivity index (χ3v) is 5.21. The Morgan fingerprint density at radius 3 is 2.73 bits per heavy atom. The van der Waals surface area contributed by atoms with Crippen LogP contribution >= 0.6 is 38.9 Å². The highest BCUT2D eigenvalue weighted by molar-refractivity contribution is 9.11. The molecule has 15 heavy (non-hydrogen) atoms. The lowest BCUT2D eigenvalue weighted by Gasteiger charge is -2.25. The van der Waals surface area contributed by atoms with E-state index in [1.807, 2.05) is 6.07 Å². The molecule has 2 nitrogen and oxygen atoms in total. The fourth-order valence-electron chi connectivity index (χ4n) is 1.77. The van der Waals surface area contributed by atoms with Crippen molar-refractivity contribution in [2.45, 2.75) is 18.9 Å². The molecule has 0 spiro atoms. The maximum absolute atomic E-state index is 10.2. The van der Waals surface area contributed by atoms with Gasteiger partial charge < -0.3 is 9.84 Å². The molecule has 0 aliphatic carbocycles. The third kappa shape index (κ3) is 2.74. The second kappa shape index (κ2) is 5.15. The van der Waals surface area contributed by atoms with Gasteiger partial charge in [-0.1, -0.05) is 11.6 Å². The van der Waals surface area contributed by atoms with Gasteiger partial charge in [0.1, 0.15) is 0 Å². The Balaban J connectivity index is 2.08. The summed E-state index contributed by atoms with van der Waals surface area (Å²) >= 11 is 10.8. The zero-order chi connectivity index (χ0) is 10.8. The molecule has 1 aromatic rings. The normalized spacial score (nSPS) is 20.5. The molecule has 0 radical (unpaired) electrons. The number of halogens is 2. The summed E-state index contributed by atoms with van der Waals surface area (Å²) in [4.78, 5) is 0.943. The Labute approximate surface area is 106 Å². The monoisotopic (exact) mass is 310 g/mol. The highest BCUT2D eigenvalue weighted by Crippen LogP contribution is 2.39. The summed E-state index contributed by atoms with van der Waals surface area (Å²) in [5.41, 5.74) is 0. The number of aliphatic hydroxyl groups excluding tert-OH is 1. The standard InChI is InChI=1S/C10H12BrClO2S/c11-10-7(12)5-8(15-10)9(13)6-1-3-14-4-2-6/h5-6,9,13H,1-4H2. The van der Waals surface area contributed by atoms with E-state index in [0.717, 1.165) is 34.7 Å². The number of rotatable bonds is 2. The molecular weight excluding hydrogens is 300 g/mol. The fourth-order valence-corrected chi connectivity index (χ4v) is 3.60. The van der Waals surface area contributed by atoms with E-state index in [2.05, 4.69) is 15.9 Å². The van der Waals surface area contributed by atoms with Gasteiger partial charge in [-0.3, -0.25) is 0 Å². The topological polar surface area (TPSA) is 29.5 Å². The molecule has 0 saturated carbocycles. The zero-order valence-corrected chi connectivity index (χ0v) is 11.2. The summed E-state index contributed by atoms with van der Waals surface area (Å²) in [6.45, 7) is 1.50. The van der Waals surface area contributed by atoms with Crippen LogP contribution < -0.4 is 0 Å². The highest BCUT2D eigenvalue weighted by Gasteiger charge is 2.25. The van der Waals surface area contributed by atoms with Crippen LogP contribution in [0.25, 0.3) is 0 Å². The van der Waals surface area contributed by atoms with Crippen LogP contribution in [-0.4, -0.2) is 18.3 Å². The van der Waals surface area contributed by atoms with Crippen LogP contribution in [0.2, 0.25) is 5.02 Å². The average molecular weight is 312 g/mol. The summed E-state index contributed by atoms with van der Waals surface area (Å²) in [7, 11) is 0. The first kappa shape index (κ1) is 11.9. The Bertz CT molecular complexity index is 317. The van der Waals surface area contributed by atoms with E-state index >= 15 is 0 Å². The number of aliphatic hydroxyl groups is 1. The van der Waals surface area contributed by atoms with Gasteiger partial charge in [0.15, 0.2) is 0 Å². The van der Waals surface area contributed by atoms with Crippen molar-refractivity contribution in [3.8, 4) is 0 Å². The van der Waals surface area contributed by atoms with Gasteiger partial charge in [0.05, 0.1) is 14.9 Å². The molecule has 0 bridgehead atoms. The molecule has 1 N–H and O–H groups in total. The number of thiophene rings is 1. The van der Waals surface area contributed by atoms with Crippen molar-refractivity contribution in [2.24, 2.45) is 5.92 Å². The van der Waals surface area contributed by atoms with Gasteiger partial charge >= 0.3 is 0 Å². The van der Waals surface area contributed by atoms with E-state index in [4.69, 9.17) is 16.3 Å². The first-order chi connectivity index (χ1) is 7.18. The molecule has 1 aromatic heterocycles. The van der Waals surface area contributed by atoms with Crippen LogP contribution in [0.4, 0.5) is 0 Å². The van der Waals surface area contributed by atoms with Crippen molar-refractivity contribution in [3.63, 3.8) is 0 Å². The molecule has 1 aliphatic rings. The Morgan fingerprint density at radius 2 is 2.20 bits per heavy atom. The molecule has 1 fully saturated rings. The van der Waals surface area contributed by atoms with E-state index in [9.17, 15) is 5.11 Å². The third-order valence-electron chi connectivity index (χ3n) is 2.67. The predicted molar refractivity (Wildman–Crippen MR) is 65.5 cm³/mol. The molecule has 0 aromatic carbocycles. The predicted octanol–water partition coefficient (Wildman–Crippen LogP) is 3.62. The van der Waals surface area contributed by atoms with Gasteiger partial charge in [0.25, 0.3) is 0 Å². The van der Waals surface area contributed by atoms with E-state index in [0.29, 0.717) is 10.9 Å². The summed E-state index contributed by atoms with van der Waals surface area (Å²) in [5, 5.41) is 10.8. The number of ether oxygens (including phenoxy) is 1. The van der Waals surface area contributed by atoms with E-state index < -0.39 is 6.10 Å². The lowest BCUT2D eigenvalue weighted by Crippen LogP contribution is -2.21. The fraction of sp³-hybridized carbons (Fsp3) is 0.600. The SMILES string of the molecule is OC(c1cc(Cl)c(Br)s1)C1CCOCC1. The van der Waals surface area contributed by atoms with Crippen molar-refractivity contribution in [1.82, 2.24) is 0 Å². The lowest BCUT2D eigenvalue weighted by atomic mass is 9.93. The van der Waals surface area contributed by atoms with Gasteiger partial charge in [0.2, 0.25) is 0 Å². The molecule has 1 atom stereocenters. The maximum atomic E-state index is 10.2. The van der Waals surface area contributed by atoms with Crippen LogP contribution in [0.3, 0.4) is 0 Å². The van der Waals surface area contributed by atoms with E-state index in [1.165, 1.54) is 11.3 Å². The minimum absolute atomic E-state index is 0.306. The quantitative estimate of drug-likeness (QED) is 0.904. The Morgan fingerprint density at radius 1 is 1.53 bits per heavy atom. The smallest absolute Gasteiger partial charge is 0.0912 e.